The quantitative estimate of drug-likeness (QED) is 0.233. The van der Waals surface area contributed by atoms with Crippen LogP contribution in [0.25, 0.3) is 17.4 Å². The molecule has 0 spiro atoms. The standard InChI is InChI=1S/C32H29Cl2N3O3/c1-2-22-3-5-23(6-4-22)32(39)37-17-15-36(16-18-37)28-9-7-27(8-10-28)35-31(38)14-12-29-11-13-30(40-29)24-19-25(33)21-26(34)20-24/h3-14,19-21H,2,15-18H2,1H3,(H,35,38)/b14-12+. The van der Waals surface area contributed by atoms with Crippen LogP contribution in [0.4, 0.5) is 11.4 Å². The molecule has 0 unspecified atom stereocenters. The number of hydrogen-bond donors (Lipinski definition) is 1. The number of piperazine rings is 1. The molecule has 4 aromatic rings. The molecule has 0 atom stereocenters. The Morgan fingerprint density at radius 3 is 2.20 bits per heavy atom. The Morgan fingerprint density at radius 2 is 1.55 bits per heavy atom. The number of carbonyl (C=O) groups excluding carboxylic acids is 2. The number of halogens is 2. The number of aryl methyl sites for hydroxylation is 1. The van der Waals surface area contributed by atoms with Gasteiger partial charge in [-0.15, -0.1) is 0 Å². The van der Waals surface area contributed by atoms with Crippen molar-refractivity contribution in [3.8, 4) is 11.3 Å². The molecule has 204 valence electrons. The summed E-state index contributed by atoms with van der Waals surface area (Å²) in [6, 6.07) is 24.4. The van der Waals surface area contributed by atoms with Crippen LogP contribution in [-0.2, 0) is 11.2 Å². The molecule has 1 N–H and O–H groups in total. The molecule has 2 heterocycles. The first-order chi connectivity index (χ1) is 19.4. The van der Waals surface area contributed by atoms with Crippen LogP contribution in [0.15, 0.2) is 89.4 Å². The van der Waals surface area contributed by atoms with E-state index >= 15 is 0 Å². The van der Waals surface area contributed by atoms with Crippen LogP contribution >= 0.6 is 23.2 Å². The zero-order valence-corrected chi connectivity index (χ0v) is 23.6. The molecule has 1 saturated heterocycles. The lowest BCUT2D eigenvalue weighted by molar-refractivity contribution is -0.111. The van der Waals surface area contributed by atoms with Crippen molar-refractivity contribution >= 4 is 52.5 Å². The number of nitrogens with zero attached hydrogens (tertiary/aromatic N) is 2. The average molecular weight is 575 g/mol. The number of carbonyl (C=O) groups is 2. The highest BCUT2D eigenvalue weighted by atomic mass is 35.5. The number of nitrogens with one attached hydrogen (secondary N) is 1. The summed E-state index contributed by atoms with van der Waals surface area (Å²) >= 11 is 12.2. The zero-order chi connectivity index (χ0) is 28.1. The van der Waals surface area contributed by atoms with Crippen LogP contribution < -0.4 is 10.2 Å². The predicted molar refractivity (Wildman–Crippen MR) is 162 cm³/mol. The molecule has 40 heavy (non-hydrogen) atoms. The van der Waals surface area contributed by atoms with Crippen molar-refractivity contribution in [1.82, 2.24) is 4.90 Å². The fourth-order valence-electron chi connectivity index (χ4n) is 4.62. The van der Waals surface area contributed by atoms with Crippen molar-refractivity contribution in [2.45, 2.75) is 13.3 Å². The maximum Gasteiger partial charge on any atom is 0.253 e. The minimum absolute atomic E-state index is 0.0769. The normalized spacial score (nSPS) is 13.6. The molecule has 1 fully saturated rings. The van der Waals surface area contributed by atoms with Crippen LogP contribution in [0.5, 0.6) is 0 Å². The molecule has 0 bridgehead atoms. The Kier molecular flexibility index (Phi) is 8.58. The van der Waals surface area contributed by atoms with Crippen molar-refractivity contribution in [3.05, 3.63) is 112 Å². The largest absolute Gasteiger partial charge is 0.457 e. The van der Waals surface area contributed by atoms with Gasteiger partial charge in [0.1, 0.15) is 11.5 Å². The second-order valence-corrected chi connectivity index (χ2v) is 10.4. The fraction of sp³-hybridized carbons (Fsp3) is 0.188. The summed E-state index contributed by atoms with van der Waals surface area (Å²) in [5.41, 5.74) is 4.47. The number of rotatable bonds is 7. The smallest absolute Gasteiger partial charge is 0.253 e. The third kappa shape index (κ3) is 6.76. The SMILES string of the molecule is CCc1ccc(C(=O)N2CCN(c3ccc(NC(=O)/C=C/c4ccc(-c5cc(Cl)cc(Cl)c5)o4)cc3)CC2)cc1. The summed E-state index contributed by atoms with van der Waals surface area (Å²) in [5, 5.41) is 3.91. The van der Waals surface area contributed by atoms with Gasteiger partial charge in [0.05, 0.1) is 0 Å². The first kappa shape index (κ1) is 27.6. The van der Waals surface area contributed by atoms with Gasteiger partial charge in [0.2, 0.25) is 5.91 Å². The van der Waals surface area contributed by atoms with E-state index in [1.54, 1.807) is 36.4 Å². The molecule has 0 saturated carbocycles. The van der Waals surface area contributed by atoms with E-state index in [9.17, 15) is 9.59 Å². The molecule has 5 rings (SSSR count). The van der Waals surface area contributed by atoms with Crippen LogP contribution in [0.1, 0.15) is 28.6 Å². The molecule has 1 aromatic heterocycles. The third-order valence-corrected chi connectivity index (χ3v) is 7.29. The van der Waals surface area contributed by atoms with Crippen molar-refractivity contribution in [3.63, 3.8) is 0 Å². The van der Waals surface area contributed by atoms with E-state index in [-0.39, 0.29) is 11.8 Å². The third-order valence-electron chi connectivity index (χ3n) is 6.85. The summed E-state index contributed by atoms with van der Waals surface area (Å²) in [6.07, 6.45) is 3.99. The van der Waals surface area contributed by atoms with Gasteiger partial charge >= 0.3 is 0 Å². The van der Waals surface area contributed by atoms with Gasteiger partial charge in [-0.05, 0) is 84.8 Å². The molecule has 0 radical (unpaired) electrons. The molecule has 8 heteroatoms. The first-order valence-electron chi connectivity index (χ1n) is 13.2. The van der Waals surface area contributed by atoms with Crippen LogP contribution in [0.3, 0.4) is 0 Å². The number of benzene rings is 3. The highest BCUT2D eigenvalue weighted by Crippen LogP contribution is 2.29. The summed E-state index contributed by atoms with van der Waals surface area (Å²) < 4.78 is 5.81. The van der Waals surface area contributed by atoms with Crippen LogP contribution in [0.2, 0.25) is 10.0 Å². The summed E-state index contributed by atoms with van der Waals surface area (Å²) in [4.78, 5) is 29.5. The van der Waals surface area contributed by atoms with E-state index in [2.05, 4.69) is 17.1 Å². The fourth-order valence-corrected chi connectivity index (χ4v) is 5.15. The van der Waals surface area contributed by atoms with Gasteiger partial charge in [-0.2, -0.15) is 0 Å². The van der Waals surface area contributed by atoms with E-state index in [1.165, 1.54) is 11.6 Å². The van der Waals surface area contributed by atoms with Gasteiger partial charge in [0.15, 0.2) is 0 Å². The molecule has 6 nitrogen and oxygen atoms in total. The summed E-state index contributed by atoms with van der Waals surface area (Å²) in [6.45, 7) is 4.93. The van der Waals surface area contributed by atoms with E-state index in [4.69, 9.17) is 27.6 Å². The van der Waals surface area contributed by atoms with Crippen LogP contribution in [0, 0.1) is 0 Å². The highest BCUT2D eigenvalue weighted by molar-refractivity contribution is 6.35. The lowest BCUT2D eigenvalue weighted by Crippen LogP contribution is -2.48. The number of hydrogen-bond acceptors (Lipinski definition) is 4. The minimum Gasteiger partial charge on any atom is -0.457 e. The number of amides is 2. The van der Waals surface area contributed by atoms with Crippen molar-refractivity contribution in [1.29, 1.82) is 0 Å². The number of anilines is 2. The maximum atomic E-state index is 12.9. The Hall–Kier alpha value is -4.00. The van der Waals surface area contributed by atoms with E-state index in [1.807, 2.05) is 53.4 Å². The van der Waals surface area contributed by atoms with Gasteiger partial charge in [-0.25, -0.2) is 0 Å². The summed E-state index contributed by atoms with van der Waals surface area (Å²) in [5.74, 6) is 0.951. The van der Waals surface area contributed by atoms with E-state index in [0.717, 1.165) is 36.3 Å². The average Bonchev–Trinajstić information content (AvgIpc) is 3.45. The van der Waals surface area contributed by atoms with E-state index < -0.39 is 0 Å². The molecule has 1 aliphatic rings. The van der Waals surface area contributed by atoms with Gasteiger partial charge in [-0.1, -0.05) is 42.3 Å². The van der Waals surface area contributed by atoms with Gasteiger partial charge in [0, 0.05) is 64.8 Å². The highest BCUT2D eigenvalue weighted by Gasteiger charge is 2.22. The van der Waals surface area contributed by atoms with Crippen LogP contribution in [-0.4, -0.2) is 42.9 Å². The number of furan rings is 1. The molecule has 0 aliphatic carbocycles. The lowest BCUT2D eigenvalue weighted by Gasteiger charge is -2.36. The molecule has 2 amide bonds. The molecule has 1 aliphatic heterocycles. The second-order valence-electron chi connectivity index (χ2n) is 9.56. The van der Waals surface area contributed by atoms with Gasteiger partial charge in [0.25, 0.3) is 5.91 Å². The Labute approximate surface area is 243 Å². The first-order valence-corrected chi connectivity index (χ1v) is 13.9. The minimum atomic E-state index is -0.268. The monoisotopic (exact) mass is 573 g/mol. The second kappa shape index (κ2) is 12.5. The Bertz CT molecular complexity index is 1500. The topological polar surface area (TPSA) is 65.8 Å². The van der Waals surface area contributed by atoms with Crippen molar-refractivity contribution in [2.24, 2.45) is 0 Å². The predicted octanol–water partition coefficient (Wildman–Crippen LogP) is 7.43. The molecular weight excluding hydrogens is 545 g/mol. The van der Waals surface area contributed by atoms with Gasteiger partial charge < -0.3 is 19.5 Å². The Balaban J connectivity index is 1.12. The Morgan fingerprint density at radius 1 is 0.875 bits per heavy atom. The maximum absolute atomic E-state index is 12.9. The summed E-state index contributed by atoms with van der Waals surface area (Å²) in [7, 11) is 0. The molecule has 3 aromatic carbocycles. The zero-order valence-electron chi connectivity index (χ0n) is 22.1. The van der Waals surface area contributed by atoms with Crippen molar-refractivity contribution in [2.75, 3.05) is 36.4 Å². The van der Waals surface area contributed by atoms with Gasteiger partial charge in [-0.3, -0.25) is 9.59 Å². The van der Waals surface area contributed by atoms with Crippen molar-refractivity contribution < 1.29 is 14.0 Å². The lowest BCUT2D eigenvalue weighted by atomic mass is 10.1. The molecular formula is C32H29Cl2N3O3. The van der Waals surface area contributed by atoms with E-state index in [0.29, 0.717) is 40.3 Å².